The quantitative estimate of drug-likeness (QED) is 0.647. The number of hydrogen-bond acceptors (Lipinski definition) is 2. The highest BCUT2D eigenvalue weighted by molar-refractivity contribution is 5.91. The molecule has 1 aliphatic carbocycles. The van der Waals surface area contributed by atoms with Gasteiger partial charge in [0.2, 0.25) is 5.91 Å². The zero-order valence-electron chi connectivity index (χ0n) is 11.4. The number of rotatable bonds is 3. The van der Waals surface area contributed by atoms with Gasteiger partial charge >= 0.3 is 0 Å². The largest absolute Gasteiger partial charge is 0.399 e. The van der Waals surface area contributed by atoms with Crippen molar-refractivity contribution in [3.05, 3.63) is 35.9 Å². The summed E-state index contributed by atoms with van der Waals surface area (Å²) in [5, 5.41) is 3.08. The molecule has 1 amide bonds. The second-order valence-electron chi connectivity index (χ2n) is 5.48. The van der Waals surface area contributed by atoms with E-state index in [1.54, 1.807) is 6.08 Å². The first-order valence-corrected chi connectivity index (χ1v) is 6.97. The molecule has 102 valence electrons. The Morgan fingerprint density at radius 3 is 2.74 bits per heavy atom. The Balaban J connectivity index is 1.85. The van der Waals surface area contributed by atoms with Gasteiger partial charge in [0.25, 0.3) is 0 Å². The van der Waals surface area contributed by atoms with E-state index in [9.17, 15) is 4.79 Å². The number of carbonyl (C=O) groups excluding carboxylic acids is 1. The molecule has 1 aromatic rings. The van der Waals surface area contributed by atoms with Crippen molar-refractivity contribution in [3.63, 3.8) is 0 Å². The predicted molar refractivity (Wildman–Crippen MR) is 79.5 cm³/mol. The smallest absolute Gasteiger partial charge is 0.244 e. The Hall–Kier alpha value is -1.77. The summed E-state index contributed by atoms with van der Waals surface area (Å²) in [5.74, 6) is 0.719. The Morgan fingerprint density at radius 1 is 1.32 bits per heavy atom. The van der Waals surface area contributed by atoms with Gasteiger partial charge in [0.05, 0.1) is 0 Å². The number of benzene rings is 1. The number of nitrogens with two attached hydrogens (primary N) is 1. The van der Waals surface area contributed by atoms with Crippen molar-refractivity contribution in [2.75, 3.05) is 5.73 Å². The van der Waals surface area contributed by atoms with Crippen LogP contribution >= 0.6 is 0 Å². The van der Waals surface area contributed by atoms with Gasteiger partial charge in [-0.2, -0.15) is 0 Å². The zero-order chi connectivity index (χ0) is 13.7. The van der Waals surface area contributed by atoms with Crippen molar-refractivity contribution in [2.24, 2.45) is 5.92 Å². The van der Waals surface area contributed by atoms with Crippen molar-refractivity contribution in [1.82, 2.24) is 5.32 Å². The number of carbonyl (C=O) groups is 1. The number of nitrogens with one attached hydrogen (secondary N) is 1. The van der Waals surface area contributed by atoms with Crippen LogP contribution < -0.4 is 11.1 Å². The molecule has 2 rings (SSSR count). The molecule has 0 aromatic heterocycles. The molecule has 3 N–H and O–H groups in total. The van der Waals surface area contributed by atoms with E-state index in [0.29, 0.717) is 6.04 Å². The maximum Gasteiger partial charge on any atom is 0.244 e. The second-order valence-corrected chi connectivity index (χ2v) is 5.48. The summed E-state index contributed by atoms with van der Waals surface area (Å²) in [6.45, 7) is 2.25. The lowest BCUT2D eigenvalue weighted by Crippen LogP contribution is -2.36. The fraction of sp³-hybridized carbons (Fsp3) is 0.438. The molecular weight excluding hydrogens is 236 g/mol. The Bertz CT molecular complexity index is 450. The molecule has 1 fully saturated rings. The number of anilines is 1. The van der Waals surface area contributed by atoms with Crippen molar-refractivity contribution < 1.29 is 4.79 Å². The van der Waals surface area contributed by atoms with Gasteiger partial charge in [-0.05, 0) is 42.5 Å². The Morgan fingerprint density at radius 2 is 2.05 bits per heavy atom. The highest BCUT2D eigenvalue weighted by atomic mass is 16.1. The third kappa shape index (κ3) is 4.43. The number of hydrogen-bond donors (Lipinski definition) is 2. The third-order valence-corrected chi connectivity index (χ3v) is 3.65. The fourth-order valence-electron chi connectivity index (χ4n) is 2.59. The molecular formula is C16H22N2O. The van der Waals surface area contributed by atoms with Crippen LogP contribution in [0.5, 0.6) is 0 Å². The Kier molecular flexibility index (Phi) is 4.61. The van der Waals surface area contributed by atoms with E-state index in [-0.39, 0.29) is 5.91 Å². The topological polar surface area (TPSA) is 55.1 Å². The third-order valence-electron chi connectivity index (χ3n) is 3.65. The average Bonchev–Trinajstić information content (AvgIpc) is 2.38. The summed E-state index contributed by atoms with van der Waals surface area (Å²) >= 11 is 0. The first-order chi connectivity index (χ1) is 9.13. The number of amides is 1. The normalized spacial score (nSPS) is 23.4. The van der Waals surface area contributed by atoms with E-state index < -0.39 is 0 Å². The zero-order valence-corrected chi connectivity index (χ0v) is 11.4. The molecule has 0 saturated heterocycles. The van der Waals surface area contributed by atoms with Gasteiger partial charge in [-0.25, -0.2) is 0 Å². The summed E-state index contributed by atoms with van der Waals surface area (Å²) in [6, 6.07) is 7.82. The molecule has 3 heteroatoms. The average molecular weight is 258 g/mol. The van der Waals surface area contributed by atoms with Gasteiger partial charge in [-0.1, -0.05) is 31.9 Å². The molecule has 3 nitrogen and oxygen atoms in total. The van der Waals surface area contributed by atoms with E-state index in [2.05, 4.69) is 12.2 Å². The summed E-state index contributed by atoms with van der Waals surface area (Å²) < 4.78 is 0. The van der Waals surface area contributed by atoms with Crippen molar-refractivity contribution in [1.29, 1.82) is 0 Å². The summed E-state index contributed by atoms with van der Waals surface area (Å²) in [7, 11) is 0. The first-order valence-electron chi connectivity index (χ1n) is 6.97. The number of nitrogen functional groups attached to an aromatic ring is 1. The predicted octanol–water partition coefficient (Wildman–Crippen LogP) is 2.98. The lowest BCUT2D eigenvalue weighted by molar-refractivity contribution is -0.117. The van der Waals surface area contributed by atoms with Gasteiger partial charge in [0.1, 0.15) is 0 Å². The highest BCUT2D eigenvalue weighted by Gasteiger charge is 2.19. The molecule has 2 atom stereocenters. The molecule has 0 aliphatic heterocycles. The molecule has 1 aromatic carbocycles. The van der Waals surface area contributed by atoms with Gasteiger partial charge in [0.15, 0.2) is 0 Å². The molecule has 0 spiro atoms. The van der Waals surface area contributed by atoms with Crippen molar-refractivity contribution in [2.45, 2.75) is 38.6 Å². The lowest BCUT2D eigenvalue weighted by atomic mass is 9.87. The van der Waals surface area contributed by atoms with Gasteiger partial charge in [-0.15, -0.1) is 0 Å². The molecule has 2 unspecified atom stereocenters. The van der Waals surface area contributed by atoms with Crippen LogP contribution in [-0.2, 0) is 4.79 Å². The van der Waals surface area contributed by atoms with Crippen LogP contribution in [0, 0.1) is 5.92 Å². The van der Waals surface area contributed by atoms with E-state index in [4.69, 9.17) is 5.73 Å². The van der Waals surface area contributed by atoms with Crippen molar-refractivity contribution in [3.8, 4) is 0 Å². The van der Waals surface area contributed by atoms with Crippen molar-refractivity contribution >= 4 is 17.7 Å². The molecule has 0 radical (unpaired) electrons. The minimum atomic E-state index is -0.00377. The second kappa shape index (κ2) is 6.41. The molecule has 1 aliphatic rings. The molecule has 1 saturated carbocycles. The maximum absolute atomic E-state index is 11.8. The monoisotopic (exact) mass is 258 g/mol. The maximum atomic E-state index is 11.8. The Labute approximate surface area is 114 Å². The van der Waals surface area contributed by atoms with Crippen LogP contribution in [0.2, 0.25) is 0 Å². The minimum absolute atomic E-state index is 0.00377. The van der Waals surface area contributed by atoms with Crippen LogP contribution in [0.25, 0.3) is 6.08 Å². The summed E-state index contributed by atoms with van der Waals surface area (Å²) in [6.07, 6.45) is 8.13. The van der Waals surface area contributed by atoms with Crippen LogP contribution in [0.3, 0.4) is 0 Å². The first kappa shape index (κ1) is 13.7. The SMILES string of the molecule is CC1CCCC(NC(=O)/C=C/c2ccc(N)cc2)C1. The van der Waals surface area contributed by atoms with Gasteiger partial charge < -0.3 is 11.1 Å². The van der Waals surface area contributed by atoms with E-state index in [1.807, 2.05) is 30.3 Å². The van der Waals surface area contributed by atoms with Gasteiger partial charge in [-0.3, -0.25) is 4.79 Å². The van der Waals surface area contributed by atoms with E-state index in [1.165, 1.54) is 12.8 Å². The summed E-state index contributed by atoms with van der Waals surface area (Å²) in [4.78, 5) is 11.8. The standard InChI is InChI=1S/C16H22N2O/c1-12-3-2-4-15(11-12)18-16(19)10-7-13-5-8-14(17)9-6-13/h5-10,12,15H,2-4,11,17H2,1H3,(H,18,19)/b10-7+. The molecule has 0 bridgehead atoms. The fourth-order valence-corrected chi connectivity index (χ4v) is 2.59. The van der Waals surface area contributed by atoms with E-state index in [0.717, 1.165) is 30.0 Å². The summed E-state index contributed by atoms with van der Waals surface area (Å²) in [5.41, 5.74) is 7.34. The van der Waals surface area contributed by atoms with E-state index >= 15 is 0 Å². The van der Waals surface area contributed by atoms with Crippen LogP contribution in [0.15, 0.2) is 30.3 Å². The van der Waals surface area contributed by atoms with Gasteiger partial charge in [0, 0.05) is 17.8 Å². The van der Waals surface area contributed by atoms with Crippen LogP contribution in [-0.4, -0.2) is 11.9 Å². The van der Waals surface area contributed by atoms with Crippen LogP contribution in [0.1, 0.15) is 38.2 Å². The minimum Gasteiger partial charge on any atom is -0.399 e. The molecule has 19 heavy (non-hydrogen) atoms. The van der Waals surface area contributed by atoms with Crippen LogP contribution in [0.4, 0.5) is 5.69 Å². The highest BCUT2D eigenvalue weighted by Crippen LogP contribution is 2.23. The molecule has 0 heterocycles. The lowest BCUT2D eigenvalue weighted by Gasteiger charge is -2.26.